The number of pyridine rings is 1. The van der Waals surface area contributed by atoms with E-state index in [1.54, 1.807) is 6.07 Å². The molecule has 2 N–H and O–H groups in total. The van der Waals surface area contributed by atoms with E-state index in [-0.39, 0.29) is 5.95 Å². The van der Waals surface area contributed by atoms with E-state index in [9.17, 15) is 5.26 Å². The lowest BCUT2D eigenvalue weighted by atomic mass is 10.0. The van der Waals surface area contributed by atoms with Crippen LogP contribution in [0.25, 0.3) is 22.3 Å². The second-order valence-corrected chi connectivity index (χ2v) is 5.00. The Morgan fingerprint density at radius 3 is 2.68 bits per heavy atom. The van der Waals surface area contributed by atoms with E-state index in [2.05, 4.69) is 27.9 Å². The molecule has 0 amide bonds. The number of fused-ring (bicyclic) bond motifs is 1. The smallest absolute Gasteiger partial charge is 0.220 e. The first-order valence-corrected chi connectivity index (χ1v) is 7.15. The maximum absolute atomic E-state index is 9.25. The molecule has 1 aromatic carbocycles. The summed E-state index contributed by atoms with van der Waals surface area (Å²) >= 11 is 0. The summed E-state index contributed by atoms with van der Waals surface area (Å²) < 4.78 is 0. The molecule has 0 radical (unpaired) electrons. The number of nitrogens with zero attached hydrogens (tertiary/aromatic N) is 4. The average molecular weight is 289 g/mol. The molecule has 108 valence electrons. The number of nitrogens with two attached hydrogens (primary N) is 1. The summed E-state index contributed by atoms with van der Waals surface area (Å²) in [6.07, 6.45) is 1.74. The fraction of sp³-hybridized carbons (Fsp3) is 0.176. The van der Waals surface area contributed by atoms with Crippen molar-refractivity contribution in [1.29, 1.82) is 5.26 Å². The molecule has 2 heterocycles. The quantitative estimate of drug-likeness (QED) is 0.800. The average Bonchev–Trinajstić information content (AvgIpc) is 2.54. The third-order valence-corrected chi connectivity index (χ3v) is 3.44. The molecule has 2 aromatic heterocycles. The first-order valence-electron chi connectivity index (χ1n) is 7.15. The Bertz CT molecular complexity index is 880. The van der Waals surface area contributed by atoms with Crippen molar-refractivity contribution < 1.29 is 0 Å². The molecule has 0 unspecified atom stereocenters. The second-order valence-electron chi connectivity index (χ2n) is 5.00. The molecule has 0 aliphatic rings. The summed E-state index contributed by atoms with van der Waals surface area (Å²) in [5, 5.41) is 9.25. The third-order valence-electron chi connectivity index (χ3n) is 3.44. The van der Waals surface area contributed by atoms with E-state index in [1.807, 2.05) is 30.3 Å². The van der Waals surface area contributed by atoms with Gasteiger partial charge in [-0.3, -0.25) is 0 Å². The van der Waals surface area contributed by atoms with E-state index < -0.39 is 0 Å². The highest BCUT2D eigenvalue weighted by atomic mass is 15.0. The van der Waals surface area contributed by atoms with Crippen LogP contribution in [-0.2, 0) is 6.42 Å². The number of anilines is 1. The van der Waals surface area contributed by atoms with E-state index >= 15 is 0 Å². The van der Waals surface area contributed by atoms with Crippen molar-refractivity contribution in [3.8, 4) is 17.3 Å². The molecule has 0 saturated carbocycles. The predicted octanol–water partition coefficient (Wildman–Crippen LogP) is 3.10. The van der Waals surface area contributed by atoms with Gasteiger partial charge in [-0.05, 0) is 24.6 Å². The maximum atomic E-state index is 9.25. The van der Waals surface area contributed by atoms with Crippen LogP contribution in [0.15, 0.2) is 36.4 Å². The summed E-state index contributed by atoms with van der Waals surface area (Å²) in [5.41, 5.74) is 10.2. The highest BCUT2D eigenvalue weighted by Gasteiger charge is 2.11. The van der Waals surface area contributed by atoms with E-state index in [0.717, 1.165) is 40.8 Å². The van der Waals surface area contributed by atoms with Crippen LogP contribution in [0.3, 0.4) is 0 Å². The minimum absolute atomic E-state index is 0.267. The normalized spacial score (nSPS) is 10.5. The molecular weight excluding hydrogens is 274 g/mol. The van der Waals surface area contributed by atoms with Gasteiger partial charge in [0.2, 0.25) is 5.95 Å². The monoisotopic (exact) mass is 289 g/mol. The maximum Gasteiger partial charge on any atom is 0.220 e. The molecule has 0 bridgehead atoms. The fourth-order valence-electron chi connectivity index (χ4n) is 2.46. The van der Waals surface area contributed by atoms with E-state index in [4.69, 9.17) is 5.73 Å². The van der Waals surface area contributed by atoms with Crippen LogP contribution in [0, 0.1) is 11.3 Å². The largest absolute Gasteiger partial charge is 0.368 e. The van der Waals surface area contributed by atoms with Crippen LogP contribution in [0.1, 0.15) is 24.6 Å². The number of hydrogen-bond donors (Lipinski definition) is 1. The molecule has 5 heteroatoms. The summed E-state index contributed by atoms with van der Waals surface area (Å²) in [4.78, 5) is 13.2. The van der Waals surface area contributed by atoms with Gasteiger partial charge in [0.15, 0.2) is 0 Å². The van der Waals surface area contributed by atoms with Gasteiger partial charge in [0, 0.05) is 5.56 Å². The molecular formula is C17H15N5. The SMILES string of the molecule is CCCc1nc(N)nc2ccc(-c3ccccc3C#N)nc12. The zero-order chi connectivity index (χ0) is 15.5. The third kappa shape index (κ3) is 2.47. The summed E-state index contributed by atoms with van der Waals surface area (Å²) in [7, 11) is 0. The number of rotatable bonds is 3. The van der Waals surface area contributed by atoms with Gasteiger partial charge >= 0.3 is 0 Å². The lowest BCUT2D eigenvalue weighted by Crippen LogP contribution is -2.02. The number of aryl methyl sites for hydroxylation is 1. The van der Waals surface area contributed by atoms with Crippen LogP contribution < -0.4 is 5.73 Å². The molecule has 0 saturated heterocycles. The van der Waals surface area contributed by atoms with Crippen LogP contribution in [0.4, 0.5) is 5.95 Å². The first kappa shape index (κ1) is 14.0. The molecule has 0 aliphatic heterocycles. The van der Waals surface area contributed by atoms with Gasteiger partial charge in [-0.15, -0.1) is 0 Å². The van der Waals surface area contributed by atoms with Gasteiger partial charge in [0.05, 0.1) is 28.5 Å². The predicted molar refractivity (Wildman–Crippen MR) is 85.9 cm³/mol. The number of aromatic nitrogens is 3. The molecule has 0 aliphatic carbocycles. The van der Waals surface area contributed by atoms with Gasteiger partial charge in [-0.2, -0.15) is 5.26 Å². The van der Waals surface area contributed by atoms with Crippen LogP contribution in [0.2, 0.25) is 0 Å². The van der Waals surface area contributed by atoms with E-state index in [1.165, 1.54) is 0 Å². The Labute approximate surface area is 128 Å². The lowest BCUT2D eigenvalue weighted by Gasteiger charge is -2.08. The topological polar surface area (TPSA) is 88.5 Å². The second kappa shape index (κ2) is 5.78. The van der Waals surface area contributed by atoms with Gasteiger partial charge in [0.1, 0.15) is 5.52 Å². The summed E-state index contributed by atoms with van der Waals surface area (Å²) in [6, 6.07) is 13.4. The molecule has 3 rings (SSSR count). The highest BCUT2D eigenvalue weighted by Crippen LogP contribution is 2.25. The van der Waals surface area contributed by atoms with Gasteiger partial charge in [-0.1, -0.05) is 31.5 Å². The molecule has 3 aromatic rings. The summed E-state index contributed by atoms with van der Waals surface area (Å²) in [6.45, 7) is 2.08. The minimum Gasteiger partial charge on any atom is -0.368 e. The summed E-state index contributed by atoms with van der Waals surface area (Å²) in [5.74, 6) is 0.267. The Morgan fingerprint density at radius 2 is 1.91 bits per heavy atom. The number of benzene rings is 1. The van der Waals surface area contributed by atoms with Crippen molar-refractivity contribution in [2.24, 2.45) is 0 Å². The van der Waals surface area contributed by atoms with Crippen LogP contribution in [0.5, 0.6) is 0 Å². The van der Waals surface area contributed by atoms with Crippen LogP contribution in [-0.4, -0.2) is 15.0 Å². The van der Waals surface area contributed by atoms with Crippen molar-refractivity contribution in [3.63, 3.8) is 0 Å². The van der Waals surface area contributed by atoms with Gasteiger partial charge < -0.3 is 5.73 Å². The highest BCUT2D eigenvalue weighted by molar-refractivity contribution is 5.81. The Morgan fingerprint density at radius 1 is 1.09 bits per heavy atom. The van der Waals surface area contributed by atoms with Gasteiger partial charge in [-0.25, -0.2) is 15.0 Å². The fourth-order valence-corrected chi connectivity index (χ4v) is 2.46. The van der Waals surface area contributed by atoms with Crippen molar-refractivity contribution in [2.75, 3.05) is 5.73 Å². The van der Waals surface area contributed by atoms with Crippen molar-refractivity contribution in [3.05, 3.63) is 47.7 Å². The first-order chi connectivity index (χ1) is 10.7. The Balaban J connectivity index is 2.23. The van der Waals surface area contributed by atoms with Gasteiger partial charge in [0.25, 0.3) is 0 Å². The zero-order valence-corrected chi connectivity index (χ0v) is 12.2. The lowest BCUT2D eigenvalue weighted by molar-refractivity contribution is 0.885. The van der Waals surface area contributed by atoms with Crippen molar-refractivity contribution in [2.45, 2.75) is 19.8 Å². The van der Waals surface area contributed by atoms with Crippen molar-refractivity contribution >= 4 is 17.0 Å². The Kier molecular flexibility index (Phi) is 3.67. The molecule has 0 atom stereocenters. The van der Waals surface area contributed by atoms with Crippen molar-refractivity contribution in [1.82, 2.24) is 15.0 Å². The molecule has 0 fully saturated rings. The number of nitrogen functional groups attached to an aromatic ring is 1. The van der Waals surface area contributed by atoms with Crippen LogP contribution >= 0.6 is 0 Å². The number of hydrogen-bond acceptors (Lipinski definition) is 5. The molecule has 5 nitrogen and oxygen atoms in total. The molecule has 22 heavy (non-hydrogen) atoms. The minimum atomic E-state index is 0.267. The standard InChI is InChI=1S/C17H15N5/c1-2-5-14-16-15(22-17(19)21-14)9-8-13(20-16)12-7-4-3-6-11(12)10-18/h3-4,6-9H,2,5H2,1H3,(H2,19,21,22). The number of nitriles is 1. The molecule has 0 spiro atoms. The zero-order valence-electron chi connectivity index (χ0n) is 12.2. The van der Waals surface area contributed by atoms with E-state index in [0.29, 0.717) is 5.56 Å². The Hall–Kier alpha value is -3.00.